The van der Waals surface area contributed by atoms with Crippen LogP contribution in [0.3, 0.4) is 0 Å². The van der Waals surface area contributed by atoms with Crippen molar-refractivity contribution in [2.24, 2.45) is 0 Å². The molecule has 0 spiro atoms. The lowest BCUT2D eigenvalue weighted by Crippen LogP contribution is -2.12. The van der Waals surface area contributed by atoms with Gasteiger partial charge in [0, 0.05) is 13.0 Å². The predicted molar refractivity (Wildman–Crippen MR) is 60.7 cm³/mol. The largest absolute Gasteiger partial charge is 0.444 e. The molecule has 0 unspecified atom stereocenters. The van der Waals surface area contributed by atoms with Crippen LogP contribution >= 0.6 is 11.3 Å². The molecule has 2 aromatic heterocycles. The molecule has 2 aromatic rings. The molecule has 0 radical (unpaired) electrons. The Bertz CT molecular complexity index is 394. The molecule has 0 fully saturated rings. The highest BCUT2D eigenvalue weighted by molar-refractivity contribution is 7.07. The molecule has 1 N–H and O–H groups in total. The third kappa shape index (κ3) is 2.91. The van der Waals surface area contributed by atoms with Gasteiger partial charge in [0.15, 0.2) is 0 Å². The van der Waals surface area contributed by atoms with Gasteiger partial charge in [-0.3, -0.25) is 0 Å². The van der Waals surface area contributed by atoms with Gasteiger partial charge in [0.05, 0.1) is 12.7 Å². The molecule has 0 saturated carbocycles. The van der Waals surface area contributed by atoms with Crippen LogP contribution in [-0.4, -0.2) is 4.98 Å². The van der Waals surface area contributed by atoms with Crippen LogP contribution < -0.4 is 5.32 Å². The predicted octanol–water partition coefficient (Wildman–Crippen LogP) is 2.59. The minimum Gasteiger partial charge on any atom is -0.444 e. The van der Waals surface area contributed by atoms with Gasteiger partial charge in [0.2, 0.25) is 5.89 Å². The number of nitrogens with zero attached hydrogens (tertiary/aromatic N) is 1. The summed E-state index contributed by atoms with van der Waals surface area (Å²) in [4.78, 5) is 4.18. The van der Waals surface area contributed by atoms with E-state index in [0.717, 1.165) is 24.6 Å². The quantitative estimate of drug-likeness (QED) is 0.845. The summed E-state index contributed by atoms with van der Waals surface area (Å²) in [5.74, 6) is 1.71. The Labute approximate surface area is 93.2 Å². The first-order chi connectivity index (χ1) is 7.38. The van der Waals surface area contributed by atoms with Crippen LogP contribution in [0.5, 0.6) is 0 Å². The number of nitrogens with one attached hydrogen (secondary N) is 1. The molecule has 0 aromatic carbocycles. The molecule has 0 atom stereocenters. The van der Waals surface area contributed by atoms with E-state index in [4.69, 9.17) is 4.42 Å². The van der Waals surface area contributed by atoms with Crippen molar-refractivity contribution in [3.63, 3.8) is 0 Å². The third-order valence-electron chi connectivity index (χ3n) is 2.14. The van der Waals surface area contributed by atoms with E-state index in [1.807, 2.05) is 0 Å². The van der Waals surface area contributed by atoms with Crippen molar-refractivity contribution in [3.8, 4) is 0 Å². The minimum absolute atomic E-state index is 0.690. The summed E-state index contributed by atoms with van der Waals surface area (Å²) < 4.78 is 5.48. The number of rotatable bonds is 5. The molecular formula is C11H14N2OS. The first kappa shape index (κ1) is 10.4. The summed E-state index contributed by atoms with van der Waals surface area (Å²) in [6, 6.07) is 2.12. The van der Waals surface area contributed by atoms with E-state index in [1.54, 1.807) is 17.5 Å². The maximum Gasteiger partial charge on any atom is 0.208 e. The Balaban J connectivity index is 1.78. The van der Waals surface area contributed by atoms with Crippen LogP contribution in [0.2, 0.25) is 0 Å². The van der Waals surface area contributed by atoms with Crippen molar-refractivity contribution < 1.29 is 4.42 Å². The van der Waals surface area contributed by atoms with E-state index in [1.165, 1.54) is 5.56 Å². The highest BCUT2D eigenvalue weighted by atomic mass is 32.1. The maximum atomic E-state index is 5.48. The number of aryl methyl sites for hydroxylation is 1. The third-order valence-corrected chi connectivity index (χ3v) is 2.87. The van der Waals surface area contributed by atoms with Gasteiger partial charge in [-0.2, -0.15) is 11.3 Å². The summed E-state index contributed by atoms with van der Waals surface area (Å²) >= 11 is 1.71. The molecule has 0 aliphatic rings. The summed E-state index contributed by atoms with van der Waals surface area (Å²) in [6.45, 7) is 3.62. The minimum atomic E-state index is 0.690. The summed E-state index contributed by atoms with van der Waals surface area (Å²) in [7, 11) is 0. The first-order valence-corrected chi connectivity index (χ1v) is 5.98. The lowest BCUT2D eigenvalue weighted by atomic mass is 10.3. The average molecular weight is 222 g/mol. The SMILES string of the molecule is CCc1cnc(CNCc2ccsc2)o1. The Kier molecular flexibility index (Phi) is 3.53. The van der Waals surface area contributed by atoms with Crippen LogP contribution in [0.1, 0.15) is 24.1 Å². The monoisotopic (exact) mass is 222 g/mol. The highest BCUT2D eigenvalue weighted by Crippen LogP contribution is 2.06. The number of aromatic nitrogens is 1. The molecule has 2 rings (SSSR count). The summed E-state index contributed by atoms with van der Waals surface area (Å²) in [5.41, 5.74) is 1.31. The normalized spacial score (nSPS) is 10.7. The van der Waals surface area contributed by atoms with Crippen LogP contribution in [0, 0.1) is 0 Å². The maximum absolute atomic E-state index is 5.48. The number of hydrogen-bond acceptors (Lipinski definition) is 4. The Morgan fingerprint density at radius 3 is 3.07 bits per heavy atom. The van der Waals surface area contributed by atoms with Crippen LogP contribution in [0.4, 0.5) is 0 Å². The van der Waals surface area contributed by atoms with Gasteiger partial charge in [0.1, 0.15) is 5.76 Å². The van der Waals surface area contributed by atoms with Crippen molar-refractivity contribution >= 4 is 11.3 Å². The molecular weight excluding hydrogens is 208 g/mol. The smallest absolute Gasteiger partial charge is 0.208 e. The molecule has 0 aliphatic heterocycles. The molecule has 2 heterocycles. The van der Waals surface area contributed by atoms with Crippen molar-refractivity contribution in [3.05, 3.63) is 40.2 Å². The van der Waals surface area contributed by atoms with Crippen molar-refractivity contribution in [1.82, 2.24) is 10.3 Å². The van der Waals surface area contributed by atoms with Gasteiger partial charge in [-0.15, -0.1) is 0 Å². The van der Waals surface area contributed by atoms with E-state index in [-0.39, 0.29) is 0 Å². The lowest BCUT2D eigenvalue weighted by Gasteiger charge is -1.98. The average Bonchev–Trinajstić information content (AvgIpc) is 2.88. The molecule has 3 nitrogen and oxygen atoms in total. The van der Waals surface area contributed by atoms with Gasteiger partial charge >= 0.3 is 0 Å². The first-order valence-electron chi connectivity index (χ1n) is 5.04. The van der Waals surface area contributed by atoms with E-state index in [9.17, 15) is 0 Å². The fourth-order valence-corrected chi connectivity index (χ4v) is 1.97. The van der Waals surface area contributed by atoms with Crippen molar-refractivity contribution in [2.75, 3.05) is 0 Å². The fourth-order valence-electron chi connectivity index (χ4n) is 1.30. The lowest BCUT2D eigenvalue weighted by molar-refractivity contribution is 0.439. The highest BCUT2D eigenvalue weighted by Gasteiger charge is 2.01. The molecule has 0 aliphatic carbocycles. The Morgan fingerprint density at radius 2 is 2.40 bits per heavy atom. The van der Waals surface area contributed by atoms with Crippen LogP contribution in [0.25, 0.3) is 0 Å². The zero-order valence-corrected chi connectivity index (χ0v) is 9.51. The Hall–Kier alpha value is -1.13. The molecule has 0 amide bonds. The molecule has 4 heteroatoms. The van der Waals surface area contributed by atoms with E-state index < -0.39 is 0 Å². The van der Waals surface area contributed by atoms with E-state index in [0.29, 0.717) is 6.54 Å². The second kappa shape index (κ2) is 5.09. The molecule has 15 heavy (non-hydrogen) atoms. The zero-order chi connectivity index (χ0) is 10.5. The zero-order valence-electron chi connectivity index (χ0n) is 8.69. The molecule has 0 bridgehead atoms. The molecule has 80 valence electrons. The number of hydrogen-bond donors (Lipinski definition) is 1. The van der Waals surface area contributed by atoms with Gasteiger partial charge < -0.3 is 9.73 Å². The topological polar surface area (TPSA) is 38.1 Å². The van der Waals surface area contributed by atoms with Crippen molar-refractivity contribution in [2.45, 2.75) is 26.4 Å². The number of oxazole rings is 1. The van der Waals surface area contributed by atoms with Crippen LogP contribution in [0.15, 0.2) is 27.4 Å². The second-order valence-electron chi connectivity index (χ2n) is 3.31. The van der Waals surface area contributed by atoms with E-state index in [2.05, 4.69) is 34.1 Å². The van der Waals surface area contributed by atoms with E-state index >= 15 is 0 Å². The fraction of sp³-hybridized carbons (Fsp3) is 0.364. The number of thiophene rings is 1. The van der Waals surface area contributed by atoms with Crippen LogP contribution in [-0.2, 0) is 19.5 Å². The van der Waals surface area contributed by atoms with Crippen molar-refractivity contribution in [1.29, 1.82) is 0 Å². The molecule has 0 saturated heterocycles. The van der Waals surface area contributed by atoms with Gasteiger partial charge in [-0.05, 0) is 22.4 Å². The Morgan fingerprint density at radius 1 is 1.47 bits per heavy atom. The standard InChI is InChI=1S/C11H14N2OS/c1-2-10-6-13-11(14-10)7-12-5-9-3-4-15-8-9/h3-4,6,8,12H,2,5,7H2,1H3. The second-order valence-corrected chi connectivity index (χ2v) is 4.09. The van der Waals surface area contributed by atoms with Gasteiger partial charge in [-0.25, -0.2) is 4.98 Å². The summed E-state index contributed by atoms with van der Waals surface area (Å²) in [6.07, 6.45) is 2.69. The van der Waals surface area contributed by atoms with Gasteiger partial charge in [0.25, 0.3) is 0 Å². The summed E-state index contributed by atoms with van der Waals surface area (Å²) in [5, 5.41) is 7.51. The van der Waals surface area contributed by atoms with Gasteiger partial charge in [-0.1, -0.05) is 6.92 Å².